The standard InChI is InChI=1S/C83H133N23O27/c1-11-46(7)60(42-116)97-58(79(130)101-70(88-24-27-107)62(119)31-55(49(10)118)93-54(40-114)30-69(126)127)34-65(122)73(99-61(43-117)47(8)12-2)103-77(128)56(91-48(9)35-109)32-63(120)72(96-53(39-113)29-44(3)4)102-78(129)57(92-51(37-111)19-21-66(84)123)33-64(121)71(94-50(36-110)17-16-23-90-83(86)87)104-81(132)76(89-25-28-108)106-26-15-13-14-18-68(125)100-74(95-52(38-112)20-22-67(85)124)80(131)105-75(82(106)133)98-59(41-115)45(5)6/h13,15,27-28,35-48,50-61,70-76,88-89,91-99H,11-12,14,16-26,29-34H2,1-10H3,(H2,84,123)(H2,85,124)(H,100,125)(H,101,130)(H,102,129)(H,103,128)(H,104,132)(H,105,131)(H,126,127)(H4,86,87,90)/t46-,47-,48-,50-,51-,52-,53-,54-,55+,56+,57+,58+,59+,60+,61+,70+,71+,72+,73+,74+,75+,76+/m0/s1. The quantitative estimate of drug-likeness (QED) is 0.00671. The summed E-state index contributed by atoms with van der Waals surface area (Å²) >= 11 is 0. The fraction of sp³-hybridized carbons (Fsp3) is 0.651. The van der Waals surface area contributed by atoms with Crippen molar-refractivity contribution in [2.75, 3.05) is 26.2 Å². The minimum atomic E-state index is -2.27. The number of guanidine groups is 1. The number of aldehydes is 11. The van der Waals surface area contributed by atoms with Gasteiger partial charge in [0, 0.05) is 58.0 Å². The van der Waals surface area contributed by atoms with E-state index in [2.05, 4.69) is 95.4 Å². The van der Waals surface area contributed by atoms with Gasteiger partial charge in [-0.15, -0.1) is 0 Å². The SMILES string of the molecule is CC[C@H](C)[C@@H](C=O)N[C@H](NC(=O)[C@@H](CC(=O)[C@@H](NC(=O)[C@@H](CC(=O)[C@@H](NC(=O)[C@H](NCC=O)N1CC=CCCC(=O)N[C@@H](N[C@H](C=O)CCC(N)=O)C(=O)N[C@@H](N[C@H](C=O)C(C)C)C1=O)N[C@H](C=O)CCCN=C(N)N)N[C@H](C=O)CCC(N)=O)N[C@H](C=O)CC(C)C)N[C@@H](C)C=O)C(=O)C[C@@H](N[C@H](C=O)[C@@H](C)CC)C(=O)N[C@@H](NCC=O)C(=O)C[C@@H](N[C@H](C=O)CC(=O)O)C(C)=O. The second-order valence-electron chi connectivity index (χ2n) is 32.6. The Balaban J connectivity index is 4.61. The fourth-order valence-corrected chi connectivity index (χ4v) is 13.0. The third-order valence-electron chi connectivity index (χ3n) is 21.0. The second-order valence-corrected chi connectivity index (χ2v) is 32.6. The number of primary amides is 2. The molecule has 0 unspecified atom stereocenters. The van der Waals surface area contributed by atoms with E-state index in [1.165, 1.54) is 32.9 Å². The zero-order valence-corrected chi connectivity index (χ0v) is 76.3. The molecule has 742 valence electrons. The van der Waals surface area contributed by atoms with Gasteiger partial charge in [-0.3, -0.25) is 135 Å². The molecule has 1 aliphatic rings. The van der Waals surface area contributed by atoms with Crippen LogP contribution in [0.1, 0.15) is 172 Å². The van der Waals surface area contributed by atoms with Crippen molar-refractivity contribution < 1.29 is 130 Å². The van der Waals surface area contributed by atoms with Crippen molar-refractivity contribution in [1.29, 1.82) is 0 Å². The first-order valence-electron chi connectivity index (χ1n) is 43.4. The van der Waals surface area contributed by atoms with Gasteiger partial charge in [0.1, 0.15) is 99.6 Å². The van der Waals surface area contributed by atoms with E-state index in [1.807, 2.05) is 0 Å². The molecule has 26 N–H and O–H groups in total. The number of Topliss-reactive ketones (excluding diaryl/α,β-unsaturated/α-hetero) is 5. The van der Waals surface area contributed by atoms with E-state index in [1.54, 1.807) is 41.5 Å². The monoisotopic (exact) mass is 1880 g/mol. The van der Waals surface area contributed by atoms with Crippen LogP contribution >= 0.6 is 0 Å². The molecule has 0 aliphatic carbocycles. The van der Waals surface area contributed by atoms with Crippen LogP contribution in [-0.4, -0.2) is 321 Å². The molecule has 133 heavy (non-hydrogen) atoms. The molecular formula is C83H133N23O27. The first kappa shape index (κ1) is 119. The molecule has 0 bridgehead atoms. The molecule has 0 saturated carbocycles. The van der Waals surface area contributed by atoms with Gasteiger partial charge in [-0.2, -0.15) is 0 Å². The summed E-state index contributed by atoms with van der Waals surface area (Å²) in [6.07, 6.45) is -16.2. The number of amides is 9. The molecule has 0 fully saturated rings. The van der Waals surface area contributed by atoms with Crippen LogP contribution in [0.5, 0.6) is 0 Å². The van der Waals surface area contributed by atoms with Gasteiger partial charge in [0.2, 0.25) is 35.4 Å². The lowest BCUT2D eigenvalue weighted by Crippen LogP contribution is -2.69. The minimum absolute atomic E-state index is 0.0351. The smallest absolute Gasteiger partial charge is 0.305 e. The largest absolute Gasteiger partial charge is 0.481 e. The molecule has 0 saturated heterocycles. The Morgan fingerprint density at radius 1 is 0.481 bits per heavy atom. The Hall–Kier alpha value is -12.0. The molecular weight excluding hydrogens is 1750 g/mol. The number of aliphatic carboxylic acids is 1. The van der Waals surface area contributed by atoms with E-state index >= 15 is 33.6 Å². The van der Waals surface area contributed by atoms with Crippen molar-refractivity contribution in [2.45, 2.75) is 294 Å². The summed E-state index contributed by atoms with van der Waals surface area (Å²) in [4.78, 5) is 356. The van der Waals surface area contributed by atoms with Crippen molar-refractivity contribution >= 4 is 163 Å². The number of nitrogens with one attached hydrogen (secondary N) is 17. The normalized spacial score (nSPS) is 18.2. The highest BCUT2D eigenvalue weighted by Gasteiger charge is 2.43. The number of carbonyl (C=O) groups excluding carboxylic acids is 25. The molecule has 22 atom stereocenters. The number of nitrogens with zero attached hydrogens (tertiary/aromatic N) is 2. The van der Waals surface area contributed by atoms with Gasteiger partial charge in [0.05, 0.1) is 98.1 Å². The summed E-state index contributed by atoms with van der Waals surface area (Å²) < 4.78 is 0. The number of carboxylic acids is 1. The number of allylic oxidation sites excluding steroid dienone is 1. The van der Waals surface area contributed by atoms with Gasteiger partial charge in [-0.1, -0.05) is 80.4 Å². The van der Waals surface area contributed by atoms with Crippen LogP contribution in [0.2, 0.25) is 0 Å². The number of hydrogen-bond donors (Lipinski definition) is 22. The van der Waals surface area contributed by atoms with E-state index in [-0.39, 0.29) is 114 Å². The molecule has 1 heterocycles. The Morgan fingerprint density at radius 2 is 0.932 bits per heavy atom. The van der Waals surface area contributed by atoms with Crippen molar-refractivity contribution in [1.82, 2.24) is 95.3 Å². The van der Waals surface area contributed by atoms with Gasteiger partial charge >= 0.3 is 5.97 Å². The number of carboxylic acid groups (broad SMARTS) is 1. The lowest BCUT2D eigenvalue weighted by Gasteiger charge is -2.36. The lowest BCUT2D eigenvalue weighted by molar-refractivity contribution is -0.146. The van der Waals surface area contributed by atoms with Gasteiger partial charge in [0.25, 0.3) is 17.7 Å². The van der Waals surface area contributed by atoms with Crippen molar-refractivity contribution in [3.05, 3.63) is 12.2 Å². The molecule has 9 amide bonds. The van der Waals surface area contributed by atoms with Crippen LogP contribution in [0.4, 0.5) is 0 Å². The van der Waals surface area contributed by atoms with Crippen LogP contribution in [-0.2, 0) is 125 Å². The zero-order chi connectivity index (χ0) is 101. The first-order valence-corrected chi connectivity index (χ1v) is 43.4. The zero-order valence-electron chi connectivity index (χ0n) is 76.3. The third-order valence-corrected chi connectivity index (χ3v) is 21.0. The second kappa shape index (κ2) is 64.7. The molecule has 0 aromatic heterocycles. The number of ketones is 5. The maximum atomic E-state index is 15.6. The van der Waals surface area contributed by atoms with Crippen LogP contribution in [0, 0.1) is 23.7 Å². The maximum absolute atomic E-state index is 15.6. The molecule has 1 aliphatic heterocycles. The summed E-state index contributed by atoms with van der Waals surface area (Å²) in [5.41, 5.74) is 21.9. The number of rotatable bonds is 74. The molecule has 0 spiro atoms. The number of carbonyl (C=O) groups is 26. The lowest BCUT2D eigenvalue weighted by atomic mass is 9.96. The predicted molar refractivity (Wildman–Crippen MR) is 473 cm³/mol. The van der Waals surface area contributed by atoms with Crippen LogP contribution in [0.3, 0.4) is 0 Å². The first-order chi connectivity index (χ1) is 62.9. The molecule has 0 aromatic carbocycles. The average molecular weight is 1890 g/mol. The Morgan fingerprint density at radius 3 is 1.40 bits per heavy atom. The molecule has 50 nitrogen and oxygen atoms in total. The summed E-state index contributed by atoms with van der Waals surface area (Å²) in [6.45, 7) is 12.8. The van der Waals surface area contributed by atoms with Gasteiger partial charge in [0.15, 0.2) is 47.6 Å². The van der Waals surface area contributed by atoms with Crippen LogP contribution in [0.25, 0.3) is 0 Å². The highest BCUT2D eigenvalue weighted by atomic mass is 16.4. The van der Waals surface area contributed by atoms with E-state index in [0.29, 0.717) is 36.3 Å². The number of hydrogen-bond acceptors (Lipinski definition) is 38. The molecule has 1 rings (SSSR count). The van der Waals surface area contributed by atoms with E-state index in [4.69, 9.17) is 22.9 Å². The van der Waals surface area contributed by atoms with Gasteiger partial charge < -0.3 is 118 Å². The fourth-order valence-electron chi connectivity index (χ4n) is 13.0. The number of nitrogens with two attached hydrogens (primary N) is 4. The van der Waals surface area contributed by atoms with E-state index in [9.17, 15) is 96.2 Å². The Labute approximate surface area is 768 Å². The van der Waals surface area contributed by atoms with Crippen molar-refractivity contribution in [2.24, 2.45) is 51.6 Å². The van der Waals surface area contributed by atoms with Crippen LogP contribution < -0.4 is 113 Å². The molecule has 0 aromatic rings. The summed E-state index contributed by atoms with van der Waals surface area (Å²) in [7, 11) is 0. The van der Waals surface area contributed by atoms with Gasteiger partial charge in [-0.05, 0) is 76.0 Å². The molecule has 0 radical (unpaired) electrons. The summed E-state index contributed by atoms with van der Waals surface area (Å²) in [6, 6.07) is -20.4. The highest BCUT2D eigenvalue weighted by Crippen LogP contribution is 2.17. The molecule has 50 heteroatoms. The topological polar surface area (TPSA) is 788 Å². The Bertz CT molecular complexity index is 4020. The summed E-state index contributed by atoms with van der Waals surface area (Å²) in [5.74, 6) is -20.4. The minimum Gasteiger partial charge on any atom is -0.481 e. The van der Waals surface area contributed by atoms with Gasteiger partial charge in [-0.25, -0.2) is 0 Å². The highest BCUT2D eigenvalue weighted by molar-refractivity contribution is 6.02. The van der Waals surface area contributed by atoms with E-state index in [0.717, 1.165) is 6.92 Å². The van der Waals surface area contributed by atoms with E-state index < -0.39 is 292 Å². The Kier molecular flexibility index (Phi) is 57.9. The van der Waals surface area contributed by atoms with Crippen molar-refractivity contribution in [3.8, 4) is 0 Å². The van der Waals surface area contributed by atoms with Crippen molar-refractivity contribution in [3.63, 3.8) is 0 Å². The number of aliphatic imine (C=N–C) groups is 1. The predicted octanol–water partition coefficient (Wildman–Crippen LogP) is -10.1. The van der Waals surface area contributed by atoms with Crippen LogP contribution in [0.15, 0.2) is 17.1 Å². The summed E-state index contributed by atoms with van der Waals surface area (Å²) in [5, 5.41) is 52.5. The average Bonchev–Trinajstić information content (AvgIpc) is 1.78. The maximum Gasteiger partial charge on any atom is 0.305 e. The third kappa shape index (κ3) is 45.8.